The standard InChI is InChI=1S/C55H80O6/c1-4-7-10-13-16-19-22-25-27-30-33-36-39-42-45-48-54(57)60-51-52(50-59-53(56)47-44-41-38-35-32-29-24-21-18-15-12-9-6-3)61-55(58)49-46-43-40-37-34-31-28-26-23-20-17-14-11-8-5-2/h7-12,16-21,25-29,32-34,36-38,41-42,45,52H,4-6,13-15,22-24,30-31,35,39-40,43-44,46-51H2,1-3H3/b10-7-,11-8-,12-9-,19-16-,20-17-,21-18-,27-25-,28-26-,32-29-,36-33-,37-34-,41-38-,45-42-. The zero-order valence-corrected chi connectivity index (χ0v) is 38.1. The Balaban J connectivity index is 4.73. The lowest BCUT2D eigenvalue weighted by molar-refractivity contribution is -0.166. The number of unbranched alkanes of at least 4 members (excludes halogenated alkanes) is 2. The largest absolute Gasteiger partial charge is 0.462 e. The SMILES string of the molecule is CC/C=C\C/C=C\C/C=C\C/C=C\C/C=C\CC(=O)OCC(COC(=O)CC/C=C\C/C=C\C/C=C\C/C=C\CC)OC(=O)CCCC/C=C\C/C=C\C/C=C\C/C=C\CC. The average Bonchev–Trinajstić information content (AvgIpc) is 3.26. The predicted molar refractivity (Wildman–Crippen MR) is 260 cm³/mol. The van der Waals surface area contributed by atoms with Gasteiger partial charge in [-0.05, 0) is 109 Å². The molecular formula is C55H80O6. The summed E-state index contributed by atoms with van der Waals surface area (Å²) in [6, 6.07) is 0. The van der Waals surface area contributed by atoms with E-state index in [2.05, 4.69) is 154 Å². The van der Waals surface area contributed by atoms with Gasteiger partial charge in [0, 0.05) is 12.8 Å². The molecule has 0 heterocycles. The highest BCUT2D eigenvalue weighted by atomic mass is 16.6. The van der Waals surface area contributed by atoms with Crippen LogP contribution in [0.25, 0.3) is 0 Å². The van der Waals surface area contributed by atoms with Crippen LogP contribution >= 0.6 is 0 Å². The van der Waals surface area contributed by atoms with Crippen LogP contribution in [0.2, 0.25) is 0 Å². The smallest absolute Gasteiger partial charge is 0.309 e. The summed E-state index contributed by atoms with van der Waals surface area (Å²) in [6.45, 7) is 6.05. The van der Waals surface area contributed by atoms with E-state index < -0.39 is 24.0 Å². The van der Waals surface area contributed by atoms with Crippen molar-refractivity contribution in [1.29, 1.82) is 0 Å². The van der Waals surface area contributed by atoms with Crippen LogP contribution < -0.4 is 0 Å². The molecule has 336 valence electrons. The second-order valence-electron chi connectivity index (χ2n) is 14.2. The highest BCUT2D eigenvalue weighted by Crippen LogP contribution is 2.08. The second kappa shape index (κ2) is 47.7. The molecule has 0 fully saturated rings. The van der Waals surface area contributed by atoms with E-state index in [0.717, 1.165) is 89.9 Å². The Hall–Kier alpha value is -4.97. The zero-order chi connectivity index (χ0) is 44.4. The molecule has 1 unspecified atom stereocenters. The molecule has 0 aliphatic rings. The van der Waals surface area contributed by atoms with Crippen LogP contribution in [-0.2, 0) is 28.6 Å². The lowest BCUT2D eigenvalue weighted by Crippen LogP contribution is -2.30. The Bertz CT molecular complexity index is 1470. The van der Waals surface area contributed by atoms with Gasteiger partial charge in [0.1, 0.15) is 13.2 Å². The van der Waals surface area contributed by atoms with Crippen LogP contribution in [0.4, 0.5) is 0 Å². The Labute approximate surface area is 371 Å². The number of rotatable bonds is 38. The average molecular weight is 837 g/mol. The van der Waals surface area contributed by atoms with Gasteiger partial charge in [0.2, 0.25) is 0 Å². The summed E-state index contributed by atoms with van der Waals surface area (Å²) in [7, 11) is 0. The first-order valence-electron chi connectivity index (χ1n) is 23.0. The maximum absolute atomic E-state index is 12.7. The van der Waals surface area contributed by atoms with E-state index in [4.69, 9.17) is 14.2 Å². The second-order valence-corrected chi connectivity index (χ2v) is 14.2. The van der Waals surface area contributed by atoms with Gasteiger partial charge in [0.15, 0.2) is 6.10 Å². The van der Waals surface area contributed by atoms with E-state index >= 15 is 0 Å². The maximum Gasteiger partial charge on any atom is 0.309 e. The van der Waals surface area contributed by atoms with Crippen molar-refractivity contribution in [1.82, 2.24) is 0 Å². The molecule has 0 aromatic carbocycles. The van der Waals surface area contributed by atoms with Crippen LogP contribution in [0.3, 0.4) is 0 Å². The molecule has 6 heteroatoms. The molecule has 0 aromatic rings. The first-order valence-corrected chi connectivity index (χ1v) is 23.0. The van der Waals surface area contributed by atoms with Gasteiger partial charge in [-0.25, -0.2) is 0 Å². The first-order chi connectivity index (χ1) is 30.0. The normalized spacial score (nSPS) is 13.6. The van der Waals surface area contributed by atoms with Gasteiger partial charge in [-0.1, -0.05) is 179 Å². The van der Waals surface area contributed by atoms with E-state index in [1.165, 1.54) is 0 Å². The first kappa shape index (κ1) is 56.0. The summed E-state index contributed by atoms with van der Waals surface area (Å²) in [5, 5.41) is 0. The summed E-state index contributed by atoms with van der Waals surface area (Å²) in [5.41, 5.74) is 0. The Morgan fingerprint density at radius 3 is 1.07 bits per heavy atom. The van der Waals surface area contributed by atoms with Crippen molar-refractivity contribution < 1.29 is 28.6 Å². The van der Waals surface area contributed by atoms with Gasteiger partial charge < -0.3 is 14.2 Å². The molecule has 0 bridgehead atoms. The molecule has 0 amide bonds. The molecule has 0 rings (SSSR count). The van der Waals surface area contributed by atoms with Crippen molar-refractivity contribution in [2.24, 2.45) is 0 Å². The van der Waals surface area contributed by atoms with Gasteiger partial charge >= 0.3 is 17.9 Å². The molecule has 0 saturated heterocycles. The molecule has 61 heavy (non-hydrogen) atoms. The molecule has 0 aliphatic heterocycles. The summed E-state index contributed by atoms with van der Waals surface area (Å²) in [4.78, 5) is 37.7. The molecule has 0 aromatic heterocycles. The van der Waals surface area contributed by atoms with Gasteiger partial charge in [-0.2, -0.15) is 0 Å². The van der Waals surface area contributed by atoms with Gasteiger partial charge in [-0.3, -0.25) is 14.4 Å². The lowest BCUT2D eigenvalue weighted by atomic mass is 10.2. The van der Waals surface area contributed by atoms with Crippen LogP contribution in [0.15, 0.2) is 158 Å². The summed E-state index contributed by atoms with van der Waals surface area (Å²) in [6.07, 6.45) is 69.8. The van der Waals surface area contributed by atoms with Crippen molar-refractivity contribution in [2.45, 2.75) is 155 Å². The van der Waals surface area contributed by atoms with Crippen molar-refractivity contribution >= 4 is 17.9 Å². The van der Waals surface area contributed by atoms with Gasteiger partial charge in [-0.15, -0.1) is 0 Å². The summed E-state index contributed by atoms with van der Waals surface area (Å²) in [5.74, 6) is -1.24. The third kappa shape index (κ3) is 46.0. The Kier molecular flexibility index (Phi) is 43.8. The van der Waals surface area contributed by atoms with E-state index in [0.29, 0.717) is 19.3 Å². The minimum Gasteiger partial charge on any atom is -0.462 e. The molecule has 0 radical (unpaired) electrons. The molecule has 0 N–H and O–H groups in total. The van der Waals surface area contributed by atoms with Crippen LogP contribution in [-0.4, -0.2) is 37.2 Å². The quantitative estimate of drug-likeness (QED) is 0.0267. The minimum absolute atomic E-state index is 0.0974. The van der Waals surface area contributed by atoms with E-state index in [1.54, 1.807) is 6.08 Å². The van der Waals surface area contributed by atoms with Crippen LogP contribution in [0.5, 0.6) is 0 Å². The topological polar surface area (TPSA) is 78.9 Å². The molecule has 0 aliphatic carbocycles. The van der Waals surface area contributed by atoms with E-state index in [-0.39, 0.29) is 32.5 Å². The third-order valence-electron chi connectivity index (χ3n) is 8.56. The molecule has 6 nitrogen and oxygen atoms in total. The van der Waals surface area contributed by atoms with Crippen molar-refractivity contribution in [2.75, 3.05) is 13.2 Å². The number of esters is 3. The van der Waals surface area contributed by atoms with Crippen molar-refractivity contribution in [3.05, 3.63) is 158 Å². The fraction of sp³-hybridized carbons (Fsp3) is 0.473. The minimum atomic E-state index is -0.875. The summed E-state index contributed by atoms with van der Waals surface area (Å²) < 4.78 is 16.5. The molecular weight excluding hydrogens is 757 g/mol. The molecule has 1 atom stereocenters. The van der Waals surface area contributed by atoms with Gasteiger partial charge in [0.25, 0.3) is 0 Å². The van der Waals surface area contributed by atoms with E-state index in [9.17, 15) is 14.4 Å². The number of carbonyl (C=O) groups excluding carboxylic acids is 3. The predicted octanol–water partition coefficient (Wildman–Crippen LogP) is 15.1. The number of carbonyl (C=O) groups is 3. The molecule has 0 saturated carbocycles. The fourth-order valence-electron chi connectivity index (χ4n) is 5.22. The van der Waals surface area contributed by atoms with Gasteiger partial charge in [0.05, 0.1) is 6.42 Å². The monoisotopic (exact) mass is 837 g/mol. The number of allylic oxidation sites excluding steroid dienone is 25. The number of ether oxygens (including phenoxy) is 3. The third-order valence-corrected chi connectivity index (χ3v) is 8.56. The highest BCUT2D eigenvalue weighted by Gasteiger charge is 2.19. The number of hydrogen-bond acceptors (Lipinski definition) is 6. The Morgan fingerprint density at radius 2 is 0.672 bits per heavy atom. The lowest BCUT2D eigenvalue weighted by Gasteiger charge is -2.18. The van der Waals surface area contributed by atoms with Crippen LogP contribution in [0.1, 0.15) is 149 Å². The zero-order valence-electron chi connectivity index (χ0n) is 38.1. The fourth-order valence-corrected chi connectivity index (χ4v) is 5.22. The highest BCUT2D eigenvalue weighted by molar-refractivity contribution is 5.72. The van der Waals surface area contributed by atoms with Crippen LogP contribution in [0, 0.1) is 0 Å². The van der Waals surface area contributed by atoms with E-state index in [1.807, 2.05) is 18.2 Å². The Morgan fingerprint density at radius 1 is 0.344 bits per heavy atom. The summed E-state index contributed by atoms with van der Waals surface area (Å²) >= 11 is 0. The molecule has 0 spiro atoms. The number of hydrogen-bond donors (Lipinski definition) is 0. The maximum atomic E-state index is 12.7. The van der Waals surface area contributed by atoms with Crippen molar-refractivity contribution in [3.8, 4) is 0 Å². The van der Waals surface area contributed by atoms with Crippen molar-refractivity contribution in [3.63, 3.8) is 0 Å².